The largest absolute Gasteiger partial charge is 0.370 e. The van der Waals surface area contributed by atoms with Crippen molar-refractivity contribution in [2.24, 2.45) is 0 Å². The van der Waals surface area contributed by atoms with E-state index in [1.165, 1.54) is 11.1 Å². The molecule has 0 saturated carbocycles. The van der Waals surface area contributed by atoms with Crippen LogP contribution in [0.2, 0.25) is 0 Å². The van der Waals surface area contributed by atoms with Crippen LogP contribution in [0, 0.1) is 0 Å². The highest BCUT2D eigenvalue weighted by molar-refractivity contribution is 6.05. The molecule has 1 atom stereocenters. The van der Waals surface area contributed by atoms with Gasteiger partial charge in [-0.1, -0.05) is 54.6 Å². The molecule has 0 fully saturated rings. The van der Waals surface area contributed by atoms with Crippen molar-refractivity contribution in [1.29, 1.82) is 0 Å². The lowest BCUT2D eigenvalue weighted by atomic mass is 10.1. The van der Waals surface area contributed by atoms with Gasteiger partial charge in [0.15, 0.2) is 0 Å². The van der Waals surface area contributed by atoms with Crippen molar-refractivity contribution >= 4 is 16.7 Å². The van der Waals surface area contributed by atoms with E-state index in [0.717, 1.165) is 22.9 Å². The van der Waals surface area contributed by atoms with Crippen LogP contribution in [0.5, 0.6) is 0 Å². The van der Waals surface area contributed by atoms with Crippen LogP contribution in [0.1, 0.15) is 33.4 Å². The molecule has 6 nitrogen and oxygen atoms in total. The number of nitrogens with one attached hydrogen (secondary N) is 1. The van der Waals surface area contributed by atoms with Crippen LogP contribution in [0.4, 0.5) is 0 Å². The van der Waals surface area contributed by atoms with Gasteiger partial charge in [-0.2, -0.15) is 5.10 Å². The van der Waals surface area contributed by atoms with Gasteiger partial charge in [-0.05, 0) is 29.0 Å². The van der Waals surface area contributed by atoms with E-state index in [4.69, 9.17) is 9.84 Å². The maximum Gasteiger partial charge on any atom is 0.270 e. The van der Waals surface area contributed by atoms with Crippen molar-refractivity contribution in [3.8, 4) is 0 Å². The highest BCUT2D eigenvalue weighted by atomic mass is 16.5. The standard InChI is InChI=1S/C24H22N4O2/c29-24(23-20-9-5-4-8-18(20)10-12-25-23)26-14-21-22-19(11-13-30-21)16-28(27-22)15-17-6-2-1-3-7-17/h1-10,12,16,21H,11,13-15H2,(H,26,29)/t21-/m1/s1. The van der Waals surface area contributed by atoms with Crippen LogP contribution < -0.4 is 5.32 Å². The number of ether oxygens (including phenoxy) is 1. The zero-order valence-electron chi connectivity index (χ0n) is 16.5. The quantitative estimate of drug-likeness (QED) is 0.558. The molecule has 0 aliphatic carbocycles. The van der Waals surface area contributed by atoms with Crippen LogP contribution in [0.3, 0.4) is 0 Å². The third-order valence-electron chi connectivity index (χ3n) is 5.39. The van der Waals surface area contributed by atoms with Gasteiger partial charge in [-0.15, -0.1) is 0 Å². The second-order valence-electron chi connectivity index (χ2n) is 7.42. The summed E-state index contributed by atoms with van der Waals surface area (Å²) in [6, 6.07) is 19.9. The van der Waals surface area contributed by atoms with E-state index in [1.54, 1.807) is 6.20 Å². The Labute approximate surface area is 174 Å². The Bertz CT molecular complexity index is 1180. The molecule has 1 amide bonds. The third-order valence-corrected chi connectivity index (χ3v) is 5.39. The van der Waals surface area contributed by atoms with E-state index in [9.17, 15) is 4.79 Å². The summed E-state index contributed by atoms with van der Waals surface area (Å²) in [6.45, 7) is 1.70. The average molecular weight is 398 g/mol. The fraction of sp³-hybridized carbons (Fsp3) is 0.208. The predicted molar refractivity (Wildman–Crippen MR) is 114 cm³/mol. The van der Waals surface area contributed by atoms with E-state index < -0.39 is 0 Å². The third kappa shape index (κ3) is 3.69. The maximum atomic E-state index is 12.8. The molecule has 150 valence electrons. The van der Waals surface area contributed by atoms with E-state index in [-0.39, 0.29) is 12.0 Å². The van der Waals surface area contributed by atoms with Crippen molar-refractivity contribution in [2.75, 3.05) is 13.2 Å². The van der Waals surface area contributed by atoms with Gasteiger partial charge in [0.05, 0.1) is 18.8 Å². The highest BCUT2D eigenvalue weighted by Crippen LogP contribution is 2.26. The number of amides is 1. The molecule has 0 unspecified atom stereocenters. The summed E-state index contributed by atoms with van der Waals surface area (Å²) in [5.74, 6) is -0.203. The molecule has 0 spiro atoms. The van der Waals surface area contributed by atoms with Gasteiger partial charge in [0, 0.05) is 24.3 Å². The van der Waals surface area contributed by atoms with Gasteiger partial charge in [0.25, 0.3) is 5.91 Å². The van der Waals surface area contributed by atoms with Crippen LogP contribution in [0.25, 0.3) is 10.8 Å². The van der Waals surface area contributed by atoms with Crippen molar-refractivity contribution in [2.45, 2.75) is 19.1 Å². The predicted octanol–water partition coefficient (Wildman–Crippen LogP) is 3.52. The molecular weight excluding hydrogens is 376 g/mol. The number of aromatic nitrogens is 3. The van der Waals surface area contributed by atoms with Gasteiger partial charge in [-0.3, -0.25) is 14.5 Å². The Hall–Kier alpha value is -3.51. The minimum absolute atomic E-state index is 0.203. The lowest BCUT2D eigenvalue weighted by Gasteiger charge is -2.22. The fourth-order valence-electron chi connectivity index (χ4n) is 3.91. The van der Waals surface area contributed by atoms with Crippen molar-refractivity contribution in [3.05, 3.63) is 95.6 Å². The molecule has 4 aromatic rings. The smallest absolute Gasteiger partial charge is 0.270 e. The van der Waals surface area contributed by atoms with Crippen molar-refractivity contribution < 1.29 is 9.53 Å². The zero-order valence-corrected chi connectivity index (χ0v) is 16.5. The first-order valence-electron chi connectivity index (χ1n) is 10.1. The van der Waals surface area contributed by atoms with Crippen LogP contribution in [-0.2, 0) is 17.7 Å². The molecule has 0 radical (unpaired) electrons. The normalized spacial score (nSPS) is 15.7. The number of hydrogen-bond donors (Lipinski definition) is 1. The SMILES string of the molecule is O=C(NC[C@H]1OCCc2cn(Cc3ccccc3)nc21)c1nccc2ccccc12. The first-order valence-corrected chi connectivity index (χ1v) is 10.1. The molecule has 5 rings (SSSR count). The summed E-state index contributed by atoms with van der Waals surface area (Å²) >= 11 is 0. The number of nitrogens with zero attached hydrogens (tertiary/aromatic N) is 3. The number of hydrogen-bond acceptors (Lipinski definition) is 4. The second-order valence-corrected chi connectivity index (χ2v) is 7.42. The second kappa shape index (κ2) is 8.08. The lowest BCUT2D eigenvalue weighted by Crippen LogP contribution is -2.32. The van der Waals surface area contributed by atoms with Crippen LogP contribution >= 0.6 is 0 Å². The Morgan fingerprint density at radius 2 is 1.93 bits per heavy atom. The molecule has 1 aliphatic heterocycles. The highest BCUT2D eigenvalue weighted by Gasteiger charge is 2.25. The molecule has 3 heterocycles. The molecule has 1 aliphatic rings. The van der Waals surface area contributed by atoms with Gasteiger partial charge >= 0.3 is 0 Å². The van der Waals surface area contributed by atoms with Gasteiger partial charge < -0.3 is 10.1 Å². The minimum Gasteiger partial charge on any atom is -0.370 e. The van der Waals surface area contributed by atoms with E-state index in [2.05, 4.69) is 28.6 Å². The van der Waals surface area contributed by atoms with Crippen molar-refractivity contribution in [1.82, 2.24) is 20.1 Å². The number of pyridine rings is 1. The number of carbonyl (C=O) groups excluding carboxylic acids is 1. The molecular formula is C24H22N4O2. The summed E-state index contributed by atoms with van der Waals surface area (Å²) < 4.78 is 7.88. The summed E-state index contributed by atoms with van der Waals surface area (Å²) in [5.41, 5.74) is 3.71. The zero-order chi connectivity index (χ0) is 20.3. The van der Waals surface area contributed by atoms with Gasteiger partial charge in [0.2, 0.25) is 0 Å². The molecule has 1 N–H and O–H groups in total. The van der Waals surface area contributed by atoms with E-state index >= 15 is 0 Å². The molecule has 0 saturated heterocycles. The monoisotopic (exact) mass is 398 g/mol. The summed E-state index contributed by atoms with van der Waals surface area (Å²) in [5, 5.41) is 9.57. The molecule has 2 aromatic heterocycles. The fourth-order valence-corrected chi connectivity index (χ4v) is 3.91. The van der Waals surface area contributed by atoms with Gasteiger partial charge in [0.1, 0.15) is 11.8 Å². The molecule has 2 aromatic carbocycles. The first-order chi connectivity index (χ1) is 14.8. The number of carbonyl (C=O) groups is 1. The Morgan fingerprint density at radius 1 is 1.10 bits per heavy atom. The Kier molecular flexibility index (Phi) is 4.99. The van der Waals surface area contributed by atoms with Crippen molar-refractivity contribution in [3.63, 3.8) is 0 Å². The topological polar surface area (TPSA) is 69.0 Å². The van der Waals surface area contributed by atoms with E-state index in [0.29, 0.717) is 25.4 Å². The summed E-state index contributed by atoms with van der Waals surface area (Å²) in [7, 11) is 0. The first kappa shape index (κ1) is 18.5. The van der Waals surface area contributed by atoms with E-state index in [1.807, 2.05) is 53.2 Å². The Balaban J connectivity index is 1.31. The molecule has 0 bridgehead atoms. The molecule has 6 heteroatoms. The number of rotatable bonds is 5. The minimum atomic E-state index is -0.260. The molecule has 30 heavy (non-hydrogen) atoms. The summed E-state index contributed by atoms with van der Waals surface area (Å²) in [4.78, 5) is 17.1. The van der Waals surface area contributed by atoms with Crippen LogP contribution in [0.15, 0.2) is 73.1 Å². The number of benzene rings is 2. The van der Waals surface area contributed by atoms with Crippen LogP contribution in [-0.4, -0.2) is 33.8 Å². The summed E-state index contributed by atoms with van der Waals surface area (Å²) in [6.07, 6.45) is 4.33. The number of fused-ring (bicyclic) bond motifs is 2. The Morgan fingerprint density at radius 3 is 2.83 bits per heavy atom. The maximum absolute atomic E-state index is 12.8. The van der Waals surface area contributed by atoms with Gasteiger partial charge in [-0.25, -0.2) is 0 Å². The average Bonchev–Trinajstić information content (AvgIpc) is 3.20. The lowest BCUT2D eigenvalue weighted by molar-refractivity contribution is 0.0383.